The van der Waals surface area contributed by atoms with Crippen molar-refractivity contribution in [3.8, 4) is 11.5 Å². The Hall–Kier alpha value is -1.57. The Morgan fingerprint density at radius 1 is 1.36 bits per heavy atom. The molecule has 1 aromatic heterocycles. The SMILES string of the molecule is Cc1ccc(-c2nc(CCN=C(N)N3CCCC(C)C3)co2)cc1.I. The van der Waals surface area contributed by atoms with Crippen LogP contribution < -0.4 is 5.73 Å². The van der Waals surface area contributed by atoms with E-state index in [1.54, 1.807) is 6.26 Å². The van der Waals surface area contributed by atoms with Gasteiger partial charge in [0.05, 0.1) is 5.69 Å². The standard InChI is InChI=1S/C19H26N4O.HI/c1-14-5-7-16(8-6-14)18-22-17(13-24-18)9-10-21-19(20)23-11-3-4-15(2)12-23;/h5-8,13,15H,3-4,9-12H2,1-2H3,(H2,20,21);1H. The lowest BCUT2D eigenvalue weighted by atomic mass is 10.0. The molecule has 2 N–H and O–H groups in total. The van der Waals surface area contributed by atoms with Crippen LogP contribution in [0.3, 0.4) is 0 Å². The third-order valence-corrected chi connectivity index (χ3v) is 4.47. The van der Waals surface area contributed by atoms with E-state index in [-0.39, 0.29) is 24.0 Å². The number of guanidine groups is 1. The molecule has 1 atom stereocenters. The monoisotopic (exact) mass is 454 g/mol. The van der Waals surface area contributed by atoms with Gasteiger partial charge in [-0.05, 0) is 37.8 Å². The lowest BCUT2D eigenvalue weighted by Crippen LogP contribution is -2.43. The summed E-state index contributed by atoms with van der Waals surface area (Å²) in [6, 6.07) is 8.17. The minimum Gasteiger partial charge on any atom is -0.444 e. The van der Waals surface area contributed by atoms with Gasteiger partial charge < -0.3 is 15.1 Å². The number of piperidine rings is 1. The number of hydrogen-bond donors (Lipinski definition) is 1. The number of aliphatic imine (C=N–C) groups is 1. The van der Waals surface area contributed by atoms with Crippen molar-refractivity contribution in [1.29, 1.82) is 0 Å². The zero-order valence-electron chi connectivity index (χ0n) is 14.9. The number of halogens is 1. The van der Waals surface area contributed by atoms with Crippen LogP contribution in [0, 0.1) is 12.8 Å². The van der Waals surface area contributed by atoms with Crippen molar-refractivity contribution >= 4 is 29.9 Å². The Morgan fingerprint density at radius 2 is 2.12 bits per heavy atom. The first kappa shape index (κ1) is 19.8. The maximum absolute atomic E-state index is 6.12. The van der Waals surface area contributed by atoms with E-state index >= 15 is 0 Å². The fraction of sp³-hybridized carbons (Fsp3) is 0.474. The van der Waals surface area contributed by atoms with E-state index in [9.17, 15) is 0 Å². The Labute approximate surface area is 166 Å². The Bertz CT molecular complexity index is 696. The van der Waals surface area contributed by atoms with Crippen molar-refractivity contribution in [2.24, 2.45) is 16.6 Å². The van der Waals surface area contributed by atoms with Gasteiger partial charge in [-0.1, -0.05) is 24.6 Å². The van der Waals surface area contributed by atoms with Gasteiger partial charge in [-0.25, -0.2) is 4.98 Å². The van der Waals surface area contributed by atoms with E-state index in [0.29, 0.717) is 24.3 Å². The molecule has 2 heterocycles. The van der Waals surface area contributed by atoms with Crippen molar-refractivity contribution in [1.82, 2.24) is 9.88 Å². The number of aromatic nitrogens is 1. The predicted octanol–water partition coefficient (Wildman–Crippen LogP) is 3.86. The molecule has 1 aliphatic heterocycles. The van der Waals surface area contributed by atoms with Crippen molar-refractivity contribution < 1.29 is 4.42 Å². The molecule has 0 bridgehead atoms. The van der Waals surface area contributed by atoms with E-state index in [0.717, 1.165) is 30.8 Å². The quantitative estimate of drug-likeness (QED) is 0.433. The highest BCUT2D eigenvalue weighted by Gasteiger charge is 2.17. The third kappa shape index (κ3) is 5.45. The molecular weight excluding hydrogens is 427 g/mol. The molecule has 0 aliphatic carbocycles. The largest absolute Gasteiger partial charge is 0.444 e. The molecular formula is C19H27IN4O. The first-order chi connectivity index (χ1) is 11.6. The molecule has 1 aliphatic rings. The number of nitrogens with two attached hydrogens (primary N) is 1. The number of oxazole rings is 1. The Kier molecular flexibility index (Phi) is 7.28. The molecule has 1 aromatic carbocycles. The van der Waals surface area contributed by atoms with Gasteiger partial charge in [0.2, 0.25) is 5.89 Å². The molecule has 1 saturated heterocycles. The molecule has 0 spiro atoms. The number of aryl methyl sites for hydroxylation is 1. The van der Waals surface area contributed by atoms with Crippen LogP contribution in [-0.2, 0) is 6.42 Å². The number of rotatable bonds is 4. The molecule has 6 heteroatoms. The second-order valence-electron chi connectivity index (χ2n) is 6.69. The Morgan fingerprint density at radius 3 is 2.84 bits per heavy atom. The number of hydrogen-bond acceptors (Lipinski definition) is 3. The average Bonchev–Trinajstić information content (AvgIpc) is 3.04. The summed E-state index contributed by atoms with van der Waals surface area (Å²) >= 11 is 0. The van der Waals surface area contributed by atoms with Gasteiger partial charge in [-0.3, -0.25) is 4.99 Å². The van der Waals surface area contributed by atoms with Gasteiger partial charge in [0, 0.05) is 31.6 Å². The van der Waals surface area contributed by atoms with Gasteiger partial charge >= 0.3 is 0 Å². The molecule has 3 rings (SSSR count). The summed E-state index contributed by atoms with van der Waals surface area (Å²) < 4.78 is 5.58. The fourth-order valence-electron chi connectivity index (χ4n) is 3.03. The number of nitrogens with zero attached hydrogens (tertiary/aromatic N) is 3. The zero-order valence-corrected chi connectivity index (χ0v) is 17.3. The predicted molar refractivity (Wildman–Crippen MR) is 112 cm³/mol. The van der Waals surface area contributed by atoms with Crippen LogP contribution in [0.25, 0.3) is 11.5 Å². The van der Waals surface area contributed by atoms with Crippen molar-refractivity contribution in [3.63, 3.8) is 0 Å². The first-order valence-corrected chi connectivity index (χ1v) is 8.68. The highest BCUT2D eigenvalue weighted by Crippen LogP contribution is 2.19. The summed E-state index contributed by atoms with van der Waals surface area (Å²) in [5.74, 6) is 2.01. The molecule has 5 nitrogen and oxygen atoms in total. The van der Waals surface area contributed by atoms with Crippen molar-refractivity contribution in [3.05, 3.63) is 41.8 Å². The summed E-state index contributed by atoms with van der Waals surface area (Å²) in [6.07, 6.45) is 4.93. The minimum atomic E-state index is 0. The maximum atomic E-state index is 6.12. The van der Waals surface area contributed by atoms with Gasteiger partial charge in [-0.2, -0.15) is 0 Å². The number of benzene rings is 1. The minimum absolute atomic E-state index is 0. The average molecular weight is 454 g/mol. The highest BCUT2D eigenvalue weighted by atomic mass is 127. The van der Waals surface area contributed by atoms with Crippen LogP contribution in [0.15, 0.2) is 39.9 Å². The fourth-order valence-corrected chi connectivity index (χ4v) is 3.03. The van der Waals surface area contributed by atoms with E-state index in [1.807, 2.05) is 12.1 Å². The summed E-state index contributed by atoms with van der Waals surface area (Å²) in [6.45, 7) is 6.99. The van der Waals surface area contributed by atoms with Crippen LogP contribution in [0.4, 0.5) is 0 Å². The summed E-state index contributed by atoms with van der Waals surface area (Å²) in [5, 5.41) is 0. The molecule has 25 heavy (non-hydrogen) atoms. The van der Waals surface area contributed by atoms with E-state index < -0.39 is 0 Å². The molecule has 136 valence electrons. The zero-order chi connectivity index (χ0) is 16.9. The van der Waals surface area contributed by atoms with E-state index in [1.165, 1.54) is 18.4 Å². The lowest BCUT2D eigenvalue weighted by Gasteiger charge is -2.31. The lowest BCUT2D eigenvalue weighted by molar-refractivity contribution is 0.270. The van der Waals surface area contributed by atoms with Crippen LogP contribution in [0.1, 0.15) is 31.0 Å². The van der Waals surface area contributed by atoms with Gasteiger partial charge in [-0.15, -0.1) is 24.0 Å². The van der Waals surface area contributed by atoms with Crippen LogP contribution >= 0.6 is 24.0 Å². The second kappa shape index (κ2) is 9.22. The molecule has 0 radical (unpaired) electrons. The molecule has 1 unspecified atom stereocenters. The first-order valence-electron chi connectivity index (χ1n) is 8.68. The van der Waals surface area contributed by atoms with Crippen LogP contribution in [0.2, 0.25) is 0 Å². The molecule has 0 amide bonds. The third-order valence-electron chi connectivity index (χ3n) is 4.47. The van der Waals surface area contributed by atoms with Gasteiger partial charge in [0.15, 0.2) is 5.96 Å². The molecule has 2 aromatic rings. The number of likely N-dealkylation sites (tertiary alicyclic amines) is 1. The van der Waals surface area contributed by atoms with Crippen LogP contribution in [-0.4, -0.2) is 35.5 Å². The highest BCUT2D eigenvalue weighted by molar-refractivity contribution is 14.0. The van der Waals surface area contributed by atoms with Crippen LogP contribution in [0.5, 0.6) is 0 Å². The van der Waals surface area contributed by atoms with Gasteiger partial charge in [0.25, 0.3) is 0 Å². The molecule has 0 saturated carbocycles. The van der Waals surface area contributed by atoms with Crippen molar-refractivity contribution in [2.45, 2.75) is 33.1 Å². The summed E-state index contributed by atoms with van der Waals surface area (Å²) in [5.41, 5.74) is 9.25. The van der Waals surface area contributed by atoms with Crippen molar-refractivity contribution in [2.75, 3.05) is 19.6 Å². The van der Waals surface area contributed by atoms with E-state index in [4.69, 9.17) is 10.2 Å². The maximum Gasteiger partial charge on any atom is 0.226 e. The van der Waals surface area contributed by atoms with E-state index in [2.05, 4.69) is 40.9 Å². The van der Waals surface area contributed by atoms with Gasteiger partial charge in [0.1, 0.15) is 6.26 Å². The molecule has 1 fully saturated rings. The second-order valence-corrected chi connectivity index (χ2v) is 6.69. The topological polar surface area (TPSA) is 67.7 Å². The Balaban J connectivity index is 0.00000225. The summed E-state index contributed by atoms with van der Waals surface area (Å²) in [4.78, 5) is 11.2. The summed E-state index contributed by atoms with van der Waals surface area (Å²) in [7, 11) is 0. The normalized spacial score (nSPS) is 18.1. The smallest absolute Gasteiger partial charge is 0.226 e.